The largest absolute Gasteiger partial charge is 0.467 e. The average molecular weight is 230 g/mol. The molecule has 1 aromatic rings. The summed E-state index contributed by atoms with van der Waals surface area (Å²) in [4.78, 5) is 8.07. The highest BCUT2D eigenvalue weighted by Gasteiger charge is 2.10. The third-order valence-electron chi connectivity index (χ3n) is 2.09. The molecule has 0 aliphatic heterocycles. The lowest BCUT2D eigenvalue weighted by Gasteiger charge is -2.10. The molecule has 1 atom stereocenters. The summed E-state index contributed by atoms with van der Waals surface area (Å²) in [5, 5.41) is 0.544. The van der Waals surface area contributed by atoms with Crippen molar-refractivity contribution in [3.63, 3.8) is 0 Å². The first-order valence-electron chi connectivity index (χ1n) is 4.98. The highest BCUT2D eigenvalue weighted by molar-refractivity contribution is 6.31. The van der Waals surface area contributed by atoms with Gasteiger partial charge in [-0.1, -0.05) is 24.9 Å². The van der Waals surface area contributed by atoms with Crippen molar-refractivity contribution in [1.29, 1.82) is 0 Å². The Balaban J connectivity index is 2.74. The van der Waals surface area contributed by atoms with Crippen LogP contribution in [0, 0.1) is 0 Å². The van der Waals surface area contributed by atoms with Crippen LogP contribution in [0.3, 0.4) is 0 Å². The molecule has 0 aliphatic carbocycles. The molecule has 0 bridgehead atoms. The molecule has 0 fully saturated rings. The maximum absolute atomic E-state index is 5.96. The molecule has 1 unspecified atom stereocenters. The van der Waals surface area contributed by atoms with E-state index in [1.165, 1.54) is 7.11 Å². The fraction of sp³-hybridized carbons (Fsp3) is 0.600. The Labute approximate surface area is 94.8 Å². The van der Waals surface area contributed by atoms with Crippen LogP contribution in [-0.4, -0.2) is 23.1 Å². The molecule has 5 heteroatoms. The monoisotopic (exact) mass is 229 g/mol. The van der Waals surface area contributed by atoms with E-state index in [0.717, 1.165) is 18.5 Å². The number of nitrogens with zero attached hydrogens (tertiary/aromatic N) is 2. The van der Waals surface area contributed by atoms with Gasteiger partial charge in [0.2, 0.25) is 0 Å². The Morgan fingerprint density at radius 3 is 2.93 bits per heavy atom. The van der Waals surface area contributed by atoms with Crippen LogP contribution in [0.4, 0.5) is 0 Å². The summed E-state index contributed by atoms with van der Waals surface area (Å²) in [7, 11) is 1.53. The molecule has 0 saturated carbocycles. The standard InChI is InChI=1S/C10H16ClN3O/c1-3-4-7(12)5-9-8(11)6-13-10(14-9)15-2/h6-7H,3-5,12H2,1-2H3. The van der Waals surface area contributed by atoms with Gasteiger partial charge in [0.25, 0.3) is 0 Å². The molecule has 0 aliphatic rings. The third kappa shape index (κ3) is 3.64. The van der Waals surface area contributed by atoms with Crippen molar-refractivity contribution in [2.75, 3.05) is 7.11 Å². The fourth-order valence-corrected chi connectivity index (χ4v) is 1.52. The van der Waals surface area contributed by atoms with E-state index >= 15 is 0 Å². The summed E-state index contributed by atoms with van der Waals surface area (Å²) in [5.74, 6) is 0. The first-order valence-corrected chi connectivity index (χ1v) is 5.36. The van der Waals surface area contributed by atoms with Gasteiger partial charge in [0.15, 0.2) is 0 Å². The van der Waals surface area contributed by atoms with Crippen molar-refractivity contribution in [1.82, 2.24) is 9.97 Å². The van der Waals surface area contributed by atoms with Crippen LogP contribution < -0.4 is 10.5 Å². The number of nitrogens with two attached hydrogens (primary N) is 1. The molecular weight excluding hydrogens is 214 g/mol. The highest BCUT2D eigenvalue weighted by atomic mass is 35.5. The van der Waals surface area contributed by atoms with Crippen molar-refractivity contribution < 1.29 is 4.74 Å². The third-order valence-corrected chi connectivity index (χ3v) is 2.41. The summed E-state index contributed by atoms with van der Waals surface area (Å²) in [6.45, 7) is 2.10. The van der Waals surface area contributed by atoms with E-state index in [1.54, 1.807) is 6.20 Å². The van der Waals surface area contributed by atoms with Crippen LogP contribution in [0.5, 0.6) is 6.01 Å². The number of halogens is 1. The van der Waals surface area contributed by atoms with E-state index in [1.807, 2.05) is 0 Å². The zero-order valence-electron chi connectivity index (χ0n) is 9.03. The quantitative estimate of drug-likeness (QED) is 0.837. The van der Waals surface area contributed by atoms with Crippen LogP contribution >= 0.6 is 11.6 Å². The molecule has 1 rings (SSSR count). The topological polar surface area (TPSA) is 61.0 Å². The van der Waals surface area contributed by atoms with Crippen molar-refractivity contribution in [3.05, 3.63) is 16.9 Å². The van der Waals surface area contributed by atoms with Crippen LogP contribution in [0.1, 0.15) is 25.5 Å². The molecular formula is C10H16ClN3O. The van der Waals surface area contributed by atoms with Crippen LogP contribution in [-0.2, 0) is 6.42 Å². The van der Waals surface area contributed by atoms with E-state index in [0.29, 0.717) is 17.5 Å². The highest BCUT2D eigenvalue weighted by Crippen LogP contribution is 2.17. The SMILES string of the molecule is CCCC(N)Cc1nc(OC)ncc1Cl. The predicted octanol–water partition coefficient (Wildman–Crippen LogP) is 1.81. The number of ether oxygens (including phenoxy) is 1. The lowest BCUT2D eigenvalue weighted by Crippen LogP contribution is -2.23. The second kappa shape index (κ2) is 5.88. The summed E-state index contributed by atoms with van der Waals surface area (Å²) < 4.78 is 4.93. The van der Waals surface area contributed by atoms with Gasteiger partial charge in [0, 0.05) is 12.5 Å². The van der Waals surface area contributed by atoms with Gasteiger partial charge in [-0.05, 0) is 6.42 Å². The van der Waals surface area contributed by atoms with E-state index in [-0.39, 0.29) is 6.04 Å². The minimum absolute atomic E-state index is 0.0899. The molecule has 0 spiro atoms. The fourth-order valence-electron chi connectivity index (χ4n) is 1.35. The van der Waals surface area contributed by atoms with E-state index in [4.69, 9.17) is 22.1 Å². The Morgan fingerprint density at radius 1 is 1.60 bits per heavy atom. The van der Waals surface area contributed by atoms with Gasteiger partial charge in [-0.3, -0.25) is 0 Å². The first kappa shape index (κ1) is 12.2. The summed E-state index contributed by atoms with van der Waals surface area (Å²) in [6.07, 6.45) is 4.22. The Hall–Kier alpha value is -0.870. The maximum atomic E-state index is 5.96. The molecule has 4 nitrogen and oxygen atoms in total. The maximum Gasteiger partial charge on any atom is 0.316 e. The average Bonchev–Trinajstić information content (AvgIpc) is 2.21. The Kier molecular flexibility index (Phi) is 4.78. The second-order valence-electron chi connectivity index (χ2n) is 3.40. The van der Waals surface area contributed by atoms with Crippen molar-refractivity contribution in [3.8, 4) is 6.01 Å². The summed E-state index contributed by atoms with van der Waals surface area (Å²) in [6, 6.07) is 0.421. The van der Waals surface area contributed by atoms with Crippen molar-refractivity contribution in [2.45, 2.75) is 32.2 Å². The minimum Gasteiger partial charge on any atom is -0.467 e. The van der Waals surface area contributed by atoms with E-state index in [9.17, 15) is 0 Å². The van der Waals surface area contributed by atoms with Gasteiger partial charge in [-0.25, -0.2) is 4.98 Å². The van der Waals surface area contributed by atoms with Gasteiger partial charge in [0.1, 0.15) is 0 Å². The van der Waals surface area contributed by atoms with Gasteiger partial charge < -0.3 is 10.5 Å². The van der Waals surface area contributed by atoms with Gasteiger partial charge in [-0.2, -0.15) is 4.98 Å². The van der Waals surface area contributed by atoms with Crippen molar-refractivity contribution in [2.24, 2.45) is 5.73 Å². The zero-order chi connectivity index (χ0) is 11.3. The van der Waals surface area contributed by atoms with Crippen LogP contribution in [0.15, 0.2) is 6.20 Å². The lowest BCUT2D eigenvalue weighted by atomic mass is 10.1. The van der Waals surface area contributed by atoms with Crippen LogP contribution in [0.2, 0.25) is 5.02 Å². The second-order valence-corrected chi connectivity index (χ2v) is 3.81. The van der Waals surface area contributed by atoms with E-state index < -0.39 is 0 Å². The molecule has 2 N–H and O–H groups in total. The molecule has 1 heterocycles. The lowest BCUT2D eigenvalue weighted by molar-refractivity contribution is 0.377. The summed E-state index contributed by atoms with van der Waals surface area (Å²) >= 11 is 5.96. The summed E-state index contributed by atoms with van der Waals surface area (Å²) in [5.41, 5.74) is 6.67. The number of aromatic nitrogens is 2. The predicted molar refractivity (Wildman–Crippen MR) is 60.2 cm³/mol. The molecule has 15 heavy (non-hydrogen) atoms. The number of methoxy groups -OCH3 is 1. The number of hydrogen-bond donors (Lipinski definition) is 1. The van der Waals surface area contributed by atoms with Gasteiger partial charge in [-0.15, -0.1) is 0 Å². The first-order chi connectivity index (χ1) is 7.17. The normalized spacial score (nSPS) is 12.5. The molecule has 0 saturated heterocycles. The number of rotatable bonds is 5. The molecule has 84 valence electrons. The van der Waals surface area contributed by atoms with Gasteiger partial charge in [0.05, 0.1) is 24.0 Å². The van der Waals surface area contributed by atoms with Gasteiger partial charge >= 0.3 is 6.01 Å². The Bertz CT molecular complexity index is 320. The number of hydrogen-bond acceptors (Lipinski definition) is 4. The smallest absolute Gasteiger partial charge is 0.316 e. The molecule has 1 aromatic heterocycles. The Morgan fingerprint density at radius 2 is 2.33 bits per heavy atom. The van der Waals surface area contributed by atoms with Crippen molar-refractivity contribution >= 4 is 11.6 Å². The van der Waals surface area contributed by atoms with E-state index in [2.05, 4.69) is 16.9 Å². The zero-order valence-corrected chi connectivity index (χ0v) is 9.79. The van der Waals surface area contributed by atoms with Crippen LogP contribution in [0.25, 0.3) is 0 Å². The molecule has 0 radical (unpaired) electrons. The minimum atomic E-state index is 0.0899. The molecule has 0 amide bonds. The molecule has 0 aromatic carbocycles.